The maximum Gasteiger partial charge on any atom is 0.295 e. The molecule has 100 valence electrons. The Kier molecular flexibility index (Phi) is 4.63. The molecule has 0 aliphatic carbocycles. The number of rotatable bonds is 5. The van der Waals surface area contributed by atoms with Crippen molar-refractivity contribution >= 4 is 5.91 Å². The van der Waals surface area contributed by atoms with Gasteiger partial charge in [0.1, 0.15) is 0 Å². The zero-order valence-electron chi connectivity index (χ0n) is 10.7. The van der Waals surface area contributed by atoms with Gasteiger partial charge in [0.15, 0.2) is 0 Å². The molecule has 0 radical (unpaired) electrons. The Hall–Kier alpha value is -1.50. The molecule has 1 unspecified atom stereocenters. The summed E-state index contributed by atoms with van der Waals surface area (Å²) in [4.78, 5) is 14.0. The molecule has 0 bridgehead atoms. The SMILES string of the molecule is CCCN(CC1CCCCN1)C(=O)c1nn[nH]n1. The molecule has 0 spiro atoms. The van der Waals surface area contributed by atoms with Gasteiger partial charge in [0, 0.05) is 19.1 Å². The Bertz CT molecular complexity index is 360. The van der Waals surface area contributed by atoms with E-state index in [0.717, 1.165) is 32.5 Å². The largest absolute Gasteiger partial charge is 0.334 e. The van der Waals surface area contributed by atoms with Crippen molar-refractivity contribution in [2.75, 3.05) is 19.6 Å². The summed E-state index contributed by atoms with van der Waals surface area (Å²) in [6.07, 6.45) is 4.51. The average molecular weight is 252 g/mol. The first kappa shape index (κ1) is 12.9. The van der Waals surface area contributed by atoms with Crippen LogP contribution in [0.2, 0.25) is 0 Å². The maximum absolute atomic E-state index is 12.2. The smallest absolute Gasteiger partial charge is 0.295 e. The highest BCUT2D eigenvalue weighted by Gasteiger charge is 2.23. The monoisotopic (exact) mass is 252 g/mol. The molecular formula is C11H20N6O. The normalized spacial score (nSPS) is 19.7. The summed E-state index contributed by atoms with van der Waals surface area (Å²) in [7, 11) is 0. The molecule has 18 heavy (non-hydrogen) atoms. The van der Waals surface area contributed by atoms with Crippen molar-refractivity contribution in [1.29, 1.82) is 0 Å². The van der Waals surface area contributed by atoms with Crippen LogP contribution in [-0.2, 0) is 0 Å². The Balaban J connectivity index is 1.96. The van der Waals surface area contributed by atoms with Gasteiger partial charge in [-0.2, -0.15) is 5.21 Å². The molecule has 2 N–H and O–H groups in total. The van der Waals surface area contributed by atoms with Gasteiger partial charge in [-0.15, -0.1) is 10.2 Å². The van der Waals surface area contributed by atoms with Crippen molar-refractivity contribution in [3.8, 4) is 0 Å². The predicted molar refractivity (Wildman–Crippen MR) is 66.0 cm³/mol. The summed E-state index contributed by atoms with van der Waals surface area (Å²) in [5.74, 6) is 0.0113. The zero-order valence-corrected chi connectivity index (χ0v) is 10.7. The molecule has 2 rings (SSSR count). The summed E-state index contributed by atoms with van der Waals surface area (Å²) in [5, 5.41) is 16.7. The number of hydrogen-bond donors (Lipinski definition) is 2. The number of nitrogens with one attached hydrogen (secondary N) is 2. The second kappa shape index (κ2) is 6.44. The van der Waals surface area contributed by atoms with Gasteiger partial charge in [-0.1, -0.05) is 13.3 Å². The summed E-state index contributed by atoms with van der Waals surface area (Å²) >= 11 is 0. The number of carbonyl (C=O) groups excluding carboxylic acids is 1. The third kappa shape index (κ3) is 3.25. The van der Waals surface area contributed by atoms with Crippen LogP contribution in [-0.4, -0.2) is 57.1 Å². The van der Waals surface area contributed by atoms with Crippen LogP contribution in [0.4, 0.5) is 0 Å². The van der Waals surface area contributed by atoms with Crippen molar-refractivity contribution in [2.45, 2.75) is 38.6 Å². The molecule has 7 heteroatoms. The summed E-state index contributed by atoms with van der Waals surface area (Å²) in [6.45, 7) is 4.55. The Morgan fingerprint density at radius 2 is 2.39 bits per heavy atom. The van der Waals surface area contributed by atoms with Crippen LogP contribution in [0.3, 0.4) is 0 Å². The molecule has 1 aliphatic heterocycles. The van der Waals surface area contributed by atoms with Gasteiger partial charge in [0.2, 0.25) is 0 Å². The van der Waals surface area contributed by atoms with E-state index in [-0.39, 0.29) is 11.7 Å². The highest BCUT2D eigenvalue weighted by molar-refractivity contribution is 5.90. The van der Waals surface area contributed by atoms with E-state index >= 15 is 0 Å². The predicted octanol–water partition coefficient (Wildman–Crippen LogP) is 0.194. The topological polar surface area (TPSA) is 86.8 Å². The number of piperidine rings is 1. The highest BCUT2D eigenvalue weighted by Crippen LogP contribution is 2.10. The molecule has 1 aromatic heterocycles. The van der Waals surface area contributed by atoms with E-state index in [4.69, 9.17) is 0 Å². The van der Waals surface area contributed by atoms with Gasteiger partial charge in [-0.05, 0) is 31.0 Å². The fraction of sp³-hybridized carbons (Fsp3) is 0.818. The van der Waals surface area contributed by atoms with Gasteiger partial charge in [-0.3, -0.25) is 4.79 Å². The molecule has 1 fully saturated rings. The van der Waals surface area contributed by atoms with Crippen LogP contribution in [0, 0.1) is 0 Å². The summed E-state index contributed by atoms with van der Waals surface area (Å²) in [5.41, 5.74) is 0. The minimum atomic E-state index is -0.141. The molecule has 7 nitrogen and oxygen atoms in total. The van der Waals surface area contributed by atoms with Crippen molar-refractivity contribution < 1.29 is 4.79 Å². The second-order valence-corrected chi connectivity index (χ2v) is 4.63. The van der Waals surface area contributed by atoms with E-state index in [1.165, 1.54) is 12.8 Å². The number of nitrogens with zero attached hydrogens (tertiary/aromatic N) is 4. The number of tetrazole rings is 1. The number of H-pyrrole nitrogens is 1. The fourth-order valence-electron chi connectivity index (χ4n) is 2.29. The standard InChI is InChI=1S/C11H20N6O/c1-2-7-17(8-9-5-3-4-6-12-9)11(18)10-13-15-16-14-10/h9,12H,2-8H2,1H3,(H,13,14,15,16). The van der Waals surface area contributed by atoms with Crippen LogP contribution in [0.15, 0.2) is 0 Å². The number of aromatic amines is 1. The zero-order chi connectivity index (χ0) is 12.8. The lowest BCUT2D eigenvalue weighted by molar-refractivity contribution is 0.0719. The van der Waals surface area contributed by atoms with Crippen molar-refractivity contribution in [1.82, 2.24) is 30.8 Å². The van der Waals surface area contributed by atoms with Gasteiger partial charge in [0.25, 0.3) is 11.7 Å². The molecular weight excluding hydrogens is 232 g/mol. The average Bonchev–Trinajstić information content (AvgIpc) is 2.92. The molecule has 1 aromatic rings. The molecule has 2 heterocycles. The molecule has 0 aromatic carbocycles. The third-order valence-electron chi connectivity index (χ3n) is 3.17. The third-order valence-corrected chi connectivity index (χ3v) is 3.17. The molecule has 1 atom stereocenters. The van der Waals surface area contributed by atoms with Gasteiger partial charge < -0.3 is 10.2 Å². The number of hydrogen-bond acceptors (Lipinski definition) is 5. The van der Waals surface area contributed by atoms with Crippen LogP contribution >= 0.6 is 0 Å². The fourth-order valence-corrected chi connectivity index (χ4v) is 2.29. The number of aromatic nitrogens is 4. The summed E-state index contributed by atoms with van der Waals surface area (Å²) in [6, 6.07) is 0.390. The number of amides is 1. The van der Waals surface area contributed by atoms with Gasteiger partial charge in [-0.25, -0.2) is 0 Å². The lowest BCUT2D eigenvalue weighted by atomic mass is 10.0. The Morgan fingerprint density at radius 3 is 3.00 bits per heavy atom. The van der Waals surface area contributed by atoms with Gasteiger partial charge >= 0.3 is 0 Å². The Labute approximate surface area is 106 Å². The van der Waals surface area contributed by atoms with Crippen LogP contribution in [0.1, 0.15) is 43.2 Å². The first-order valence-corrected chi connectivity index (χ1v) is 6.57. The van der Waals surface area contributed by atoms with E-state index in [0.29, 0.717) is 6.04 Å². The van der Waals surface area contributed by atoms with Crippen molar-refractivity contribution in [2.24, 2.45) is 0 Å². The van der Waals surface area contributed by atoms with E-state index in [2.05, 4.69) is 32.9 Å². The molecule has 0 saturated carbocycles. The minimum Gasteiger partial charge on any atom is -0.334 e. The van der Waals surface area contributed by atoms with E-state index < -0.39 is 0 Å². The summed E-state index contributed by atoms with van der Waals surface area (Å²) < 4.78 is 0. The van der Waals surface area contributed by atoms with Crippen LogP contribution < -0.4 is 5.32 Å². The minimum absolute atomic E-state index is 0.141. The van der Waals surface area contributed by atoms with E-state index in [1.54, 1.807) is 0 Å². The van der Waals surface area contributed by atoms with E-state index in [9.17, 15) is 4.79 Å². The highest BCUT2D eigenvalue weighted by atomic mass is 16.2. The molecule has 1 saturated heterocycles. The first-order chi connectivity index (χ1) is 8.81. The van der Waals surface area contributed by atoms with Crippen LogP contribution in [0.5, 0.6) is 0 Å². The van der Waals surface area contributed by atoms with Crippen molar-refractivity contribution in [3.05, 3.63) is 5.82 Å². The van der Waals surface area contributed by atoms with Crippen LogP contribution in [0.25, 0.3) is 0 Å². The Morgan fingerprint density at radius 1 is 1.50 bits per heavy atom. The van der Waals surface area contributed by atoms with Gasteiger partial charge in [0.05, 0.1) is 0 Å². The molecule has 1 aliphatic rings. The lowest BCUT2D eigenvalue weighted by Crippen LogP contribution is -2.46. The molecule has 1 amide bonds. The lowest BCUT2D eigenvalue weighted by Gasteiger charge is -2.29. The van der Waals surface area contributed by atoms with E-state index in [1.807, 2.05) is 4.90 Å². The second-order valence-electron chi connectivity index (χ2n) is 4.63. The maximum atomic E-state index is 12.2. The van der Waals surface area contributed by atoms with Crippen molar-refractivity contribution in [3.63, 3.8) is 0 Å². The first-order valence-electron chi connectivity index (χ1n) is 6.57. The quantitative estimate of drug-likeness (QED) is 0.781. The number of carbonyl (C=O) groups is 1.